The lowest BCUT2D eigenvalue weighted by Crippen LogP contribution is -2.46. The van der Waals surface area contributed by atoms with E-state index < -0.39 is 8.80 Å². The molecule has 0 unspecified atom stereocenters. The summed E-state index contributed by atoms with van der Waals surface area (Å²) in [5, 5.41) is 10.4. The molecule has 0 amide bonds. The van der Waals surface area contributed by atoms with Crippen molar-refractivity contribution in [3.05, 3.63) is 120 Å². The van der Waals surface area contributed by atoms with Gasteiger partial charge in [-0.25, -0.2) is 0 Å². The molecule has 0 fully saturated rings. The predicted molar refractivity (Wildman–Crippen MR) is 187 cm³/mol. The number of hydrogen-bond donors (Lipinski definition) is 0. The molecule has 0 spiro atoms. The smallest absolute Gasteiger partial charge is 0.374 e. The number of fused-ring (bicyclic) bond motifs is 4. The topological polar surface area (TPSA) is 30.9 Å². The molecule has 0 heterocycles. The summed E-state index contributed by atoms with van der Waals surface area (Å²) in [5.41, 5.74) is 2.76. The number of nitrogens with zero attached hydrogens (tertiary/aromatic N) is 1. The van der Waals surface area contributed by atoms with Crippen molar-refractivity contribution in [2.24, 2.45) is 0 Å². The van der Waals surface area contributed by atoms with Crippen molar-refractivity contribution >= 4 is 51.9 Å². The average molecular weight is 602 g/mol. The van der Waals surface area contributed by atoms with Crippen LogP contribution >= 0.6 is 0 Å². The molecule has 0 N–H and O–H groups in total. The van der Waals surface area contributed by atoms with Gasteiger partial charge in [0.2, 0.25) is 0 Å². The van der Waals surface area contributed by atoms with Crippen LogP contribution in [-0.4, -0.2) is 40.1 Å². The molecule has 6 aromatic rings. The molecule has 0 aromatic heterocycles. The van der Waals surface area contributed by atoms with Gasteiger partial charge in [-0.15, -0.1) is 0 Å². The first-order chi connectivity index (χ1) is 21.6. The van der Waals surface area contributed by atoms with Gasteiger partial charge in [0.25, 0.3) is 0 Å². The highest BCUT2D eigenvalue weighted by molar-refractivity contribution is 6.60. The Bertz CT molecular complexity index is 1620. The van der Waals surface area contributed by atoms with Gasteiger partial charge in [0.05, 0.1) is 0 Å². The Morgan fingerprint density at radius 2 is 0.841 bits per heavy atom. The van der Waals surface area contributed by atoms with Crippen LogP contribution < -0.4 is 0 Å². The standard InChI is InChI=1S/C39H43NO3Si/c1-4-41-44(42-5-2,43-6-3)25-15-24-40(28-38-34-20-11-7-16-30(34)26-31-17-8-12-21-35(31)38)29-39-36-22-13-9-18-32(36)27-33-19-10-14-23-37(33)39/h7-14,16-23,26-27H,4-6,15,24-25,28-29H2,1-3H3. The highest BCUT2D eigenvalue weighted by atomic mass is 28.4. The maximum absolute atomic E-state index is 6.24. The second kappa shape index (κ2) is 14.0. The SMILES string of the molecule is CCO[Si](CCCN(Cc1c2ccccc2cc2ccccc12)Cc1c2ccccc2cc2ccccc12)(OCC)OCC. The Labute approximate surface area is 262 Å². The third kappa shape index (κ3) is 6.44. The molecule has 0 atom stereocenters. The van der Waals surface area contributed by atoms with Gasteiger partial charge < -0.3 is 13.3 Å². The summed E-state index contributed by atoms with van der Waals surface area (Å²) >= 11 is 0. The van der Waals surface area contributed by atoms with E-state index in [0.29, 0.717) is 19.8 Å². The summed E-state index contributed by atoms with van der Waals surface area (Å²) in [7, 11) is -2.75. The first-order valence-electron chi connectivity index (χ1n) is 16.1. The summed E-state index contributed by atoms with van der Waals surface area (Å²) in [6.45, 7) is 10.5. The zero-order valence-corrected chi connectivity index (χ0v) is 27.2. The van der Waals surface area contributed by atoms with Crippen LogP contribution in [0.1, 0.15) is 38.3 Å². The first-order valence-corrected chi connectivity index (χ1v) is 18.0. The van der Waals surface area contributed by atoms with Gasteiger partial charge >= 0.3 is 8.80 Å². The van der Waals surface area contributed by atoms with Crippen molar-refractivity contribution < 1.29 is 13.3 Å². The average Bonchev–Trinajstić information content (AvgIpc) is 3.04. The molecule has 0 aliphatic heterocycles. The highest BCUT2D eigenvalue weighted by Gasteiger charge is 2.39. The Morgan fingerprint density at radius 1 is 0.500 bits per heavy atom. The van der Waals surface area contributed by atoms with Gasteiger partial charge in [0.15, 0.2) is 0 Å². The van der Waals surface area contributed by atoms with E-state index in [1.807, 2.05) is 20.8 Å². The summed E-state index contributed by atoms with van der Waals surface area (Å²) in [6, 6.07) is 40.7. The van der Waals surface area contributed by atoms with E-state index in [2.05, 4.69) is 114 Å². The fraction of sp³-hybridized carbons (Fsp3) is 0.282. The minimum Gasteiger partial charge on any atom is -0.374 e. The molecule has 5 heteroatoms. The first kappa shape index (κ1) is 30.4. The molecule has 4 nitrogen and oxygen atoms in total. The summed E-state index contributed by atoms with van der Waals surface area (Å²) in [4.78, 5) is 2.63. The fourth-order valence-electron chi connectivity index (χ4n) is 6.74. The molecule has 226 valence electrons. The summed E-state index contributed by atoms with van der Waals surface area (Å²) < 4.78 is 18.7. The normalized spacial score (nSPS) is 12.3. The van der Waals surface area contributed by atoms with E-state index in [4.69, 9.17) is 13.3 Å². The molecule has 0 saturated carbocycles. The highest BCUT2D eigenvalue weighted by Crippen LogP contribution is 2.33. The quantitative estimate of drug-likeness (QED) is 0.0919. The molecule has 0 bridgehead atoms. The van der Waals surface area contributed by atoms with Crippen LogP contribution in [-0.2, 0) is 26.4 Å². The summed E-state index contributed by atoms with van der Waals surface area (Å²) in [5.74, 6) is 0. The lowest BCUT2D eigenvalue weighted by atomic mass is 9.94. The maximum Gasteiger partial charge on any atom is 0.500 e. The van der Waals surface area contributed by atoms with Gasteiger partial charge in [0.1, 0.15) is 0 Å². The zero-order chi connectivity index (χ0) is 30.4. The molecule has 6 rings (SSSR count). The van der Waals surface area contributed by atoms with E-state index >= 15 is 0 Å². The number of benzene rings is 6. The molecule has 0 aliphatic carbocycles. The Morgan fingerprint density at radius 3 is 1.18 bits per heavy atom. The largest absolute Gasteiger partial charge is 0.500 e. The van der Waals surface area contributed by atoms with Crippen LogP contribution in [0.3, 0.4) is 0 Å². The van der Waals surface area contributed by atoms with Crippen LogP contribution in [0.2, 0.25) is 6.04 Å². The molecule has 0 radical (unpaired) electrons. The molecule has 6 aromatic carbocycles. The van der Waals surface area contributed by atoms with Crippen molar-refractivity contribution in [3.8, 4) is 0 Å². The lowest BCUT2D eigenvalue weighted by Gasteiger charge is -2.30. The van der Waals surface area contributed by atoms with Crippen LogP contribution in [0.15, 0.2) is 109 Å². The number of rotatable bonds is 14. The zero-order valence-electron chi connectivity index (χ0n) is 26.2. The molecule has 0 aliphatic rings. The van der Waals surface area contributed by atoms with Crippen LogP contribution in [0.25, 0.3) is 43.1 Å². The third-order valence-electron chi connectivity index (χ3n) is 8.58. The second-order valence-electron chi connectivity index (χ2n) is 11.4. The van der Waals surface area contributed by atoms with E-state index in [9.17, 15) is 0 Å². The van der Waals surface area contributed by atoms with Crippen molar-refractivity contribution in [2.45, 2.75) is 46.3 Å². The molecule has 0 saturated heterocycles. The minimum absolute atomic E-state index is 0.597. The van der Waals surface area contributed by atoms with Crippen molar-refractivity contribution in [2.75, 3.05) is 26.4 Å². The van der Waals surface area contributed by atoms with Gasteiger partial charge in [-0.1, -0.05) is 97.1 Å². The van der Waals surface area contributed by atoms with E-state index in [0.717, 1.165) is 32.1 Å². The van der Waals surface area contributed by atoms with Gasteiger partial charge in [-0.3, -0.25) is 4.90 Å². The lowest BCUT2D eigenvalue weighted by molar-refractivity contribution is 0.0697. The van der Waals surface area contributed by atoms with Crippen LogP contribution in [0, 0.1) is 0 Å². The van der Waals surface area contributed by atoms with E-state index in [-0.39, 0.29) is 0 Å². The molecular weight excluding hydrogens is 559 g/mol. The van der Waals surface area contributed by atoms with Gasteiger partial charge in [-0.05, 0) is 100 Å². The van der Waals surface area contributed by atoms with Crippen LogP contribution in [0.5, 0.6) is 0 Å². The molecular formula is C39H43NO3Si. The van der Waals surface area contributed by atoms with Gasteiger partial charge in [-0.2, -0.15) is 0 Å². The Balaban J connectivity index is 1.42. The monoisotopic (exact) mass is 601 g/mol. The predicted octanol–water partition coefficient (Wildman–Crippen LogP) is 9.74. The minimum atomic E-state index is -2.75. The summed E-state index contributed by atoms with van der Waals surface area (Å²) in [6.07, 6.45) is 0.928. The number of hydrogen-bond acceptors (Lipinski definition) is 4. The third-order valence-corrected chi connectivity index (χ3v) is 11.7. The second-order valence-corrected chi connectivity index (χ2v) is 14.1. The van der Waals surface area contributed by atoms with Crippen molar-refractivity contribution in [3.63, 3.8) is 0 Å². The van der Waals surface area contributed by atoms with Crippen LogP contribution in [0.4, 0.5) is 0 Å². The fourth-order valence-corrected chi connectivity index (χ4v) is 9.33. The van der Waals surface area contributed by atoms with E-state index in [1.165, 1.54) is 54.2 Å². The van der Waals surface area contributed by atoms with Crippen molar-refractivity contribution in [1.82, 2.24) is 4.90 Å². The Hall–Kier alpha value is -3.58. The molecule has 44 heavy (non-hydrogen) atoms. The Kier molecular flexibility index (Phi) is 9.70. The van der Waals surface area contributed by atoms with Crippen molar-refractivity contribution in [1.29, 1.82) is 0 Å². The maximum atomic E-state index is 6.24. The van der Waals surface area contributed by atoms with Gasteiger partial charge in [0, 0.05) is 39.0 Å². The van der Waals surface area contributed by atoms with E-state index in [1.54, 1.807) is 0 Å².